The van der Waals surface area contributed by atoms with Crippen molar-refractivity contribution in [3.8, 4) is 11.5 Å². The van der Waals surface area contributed by atoms with Crippen LogP contribution >= 0.6 is 0 Å². The Morgan fingerprint density at radius 1 is 1.16 bits per heavy atom. The molecule has 2 aromatic rings. The number of carbonyl (C=O) groups is 1. The molecule has 0 spiro atoms. The Kier molecular flexibility index (Phi) is 5.02. The second-order valence-corrected chi connectivity index (χ2v) is 5.95. The van der Waals surface area contributed by atoms with E-state index >= 15 is 0 Å². The van der Waals surface area contributed by atoms with Gasteiger partial charge in [-0.3, -0.25) is 0 Å². The lowest BCUT2D eigenvalue weighted by Crippen LogP contribution is -2.14. The first-order valence-electron chi connectivity index (χ1n) is 8.19. The summed E-state index contributed by atoms with van der Waals surface area (Å²) in [5.74, 6) is 0.793. The number of rotatable bonds is 5. The molecule has 132 valence electrons. The van der Waals surface area contributed by atoms with E-state index in [0.29, 0.717) is 11.7 Å². The molecule has 0 fully saturated rings. The third kappa shape index (κ3) is 3.65. The molecule has 3 rings (SSSR count). The number of aromatic carboxylic acids is 1. The van der Waals surface area contributed by atoms with Gasteiger partial charge in [0.05, 0.1) is 25.8 Å². The third-order valence-electron chi connectivity index (χ3n) is 4.41. The summed E-state index contributed by atoms with van der Waals surface area (Å²) < 4.78 is 10.8. The summed E-state index contributed by atoms with van der Waals surface area (Å²) in [7, 11) is 3.26. The first-order chi connectivity index (χ1) is 12.1. The Balaban J connectivity index is 1.91. The predicted molar refractivity (Wildman–Crippen MR) is 92.5 cm³/mol. The molecule has 1 aliphatic carbocycles. The minimum atomic E-state index is -1.04. The molecular weight excluding hydrogens is 322 g/mol. The lowest BCUT2D eigenvalue weighted by atomic mass is 9.98. The number of carboxylic acid groups (broad SMARTS) is 1. The Morgan fingerprint density at radius 2 is 1.84 bits per heavy atom. The van der Waals surface area contributed by atoms with E-state index < -0.39 is 5.97 Å². The fourth-order valence-corrected chi connectivity index (χ4v) is 3.12. The highest BCUT2D eigenvalue weighted by Crippen LogP contribution is 2.38. The van der Waals surface area contributed by atoms with E-state index in [2.05, 4.69) is 15.3 Å². The number of nitrogens with zero attached hydrogens (tertiary/aromatic N) is 2. The van der Waals surface area contributed by atoms with Gasteiger partial charge in [-0.1, -0.05) is 6.42 Å². The highest BCUT2D eigenvalue weighted by Gasteiger charge is 2.22. The summed E-state index contributed by atoms with van der Waals surface area (Å²) in [6.45, 7) is 0. The highest BCUT2D eigenvalue weighted by molar-refractivity contribution is 5.86. The average Bonchev–Trinajstić information content (AvgIpc) is 2.82. The van der Waals surface area contributed by atoms with Gasteiger partial charge in [-0.2, -0.15) is 0 Å². The number of nitrogens with one attached hydrogen (secondary N) is 1. The number of hydrogen-bond donors (Lipinski definition) is 2. The van der Waals surface area contributed by atoms with Crippen LogP contribution < -0.4 is 14.8 Å². The monoisotopic (exact) mass is 343 g/mol. The van der Waals surface area contributed by atoms with Crippen molar-refractivity contribution < 1.29 is 19.4 Å². The van der Waals surface area contributed by atoms with E-state index in [4.69, 9.17) is 14.6 Å². The Bertz CT molecular complexity index is 762. The molecule has 0 saturated heterocycles. The van der Waals surface area contributed by atoms with Crippen molar-refractivity contribution in [2.75, 3.05) is 19.5 Å². The van der Waals surface area contributed by atoms with Crippen LogP contribution in [0.3, 0.4) is 0 Å². The van der Waals surface area contributed by atoms with Crippen LogP contribution in [0.2, 0.25) is 0 Å². The first kappa shape index (κ1) is 17.0. The Labute approximate surface area is 146 Å². The molecule has 0 amide bonds. The number of benzene rings is 1. The molecule has 0 bridgehead atoms. The molecule has 0 radical (unpaired) electrons. The Hall–Kier alpha value is -2.83. The van der Waals surface area contributed by atoms with Crippen LogP contribution in [-0.2, 0) is 6.42 Å². The SMILES string of the molecule is COc1cc2c(cc1OC)[C@@H](Nc1ncc(C(=O)O)cn1)CCCC2. The van der Waals surface area contributed by atoms with Gasteiger partial charge in [-0.05, 0) is 42.5 Å². The first-order valence-corrected chi connectivity index (χ1v) is 8.19. The van der Waals surface area contributed by atoms with Crippen molar-refractivity contribution in [3.63, 3.8) is 0 Å². The number of aryl methyl sites for hydroxylation is 1. The lowest BCUT2D eigenvalue weighted by molar-refractivity contribution is 0.0696. The van der Waals surface area contributed by atoms with Crippen molar-refractivity contribution in [1.29, 1.82) is 0 Å². The molecular formula is C18H21N3O4. The van der Waals surface area contributed by atoms with Crippen molar-refractivity contribution >= 4 is 11.9 Å². The second kappa shape index (κ2) is 7.38. The second-order valence-electron chi connectivity index (χ2n) is 5.95. The van der Waals surface area contributed by atoms with Gasteiger partial charge >= 0.3 is 5.97 Å². The van der Waals surface area contributed by atoms with Crippen molar-refractivity contribution in [3.05, 3.63) is 41.2 Å². The summed E-state index contributed by atoms with van der Waals surface area (Å²) in [6, 6.07) is 4.07. The van der Waals surface area contributed by atoms with Gasteiger partial charge in [-0.25, -0.2) is 14.8 Å². The molecule has 2 N–H and O–H groups in total. The van der Waals surface area contributed by atoms with Crippen molar-refractivity contribution in [1.82, 2.24) is 9.97 Å². The topological polar surface area (TPSA) is 93.6 Å². The molecule has 1 heterocycles. The maximum absolute atomic E-state index is 10.9. The van der Waals surface area contributed by atoms with Crippen molar-refractivity contribution in [2.45, 2.75) is 31.7 Å². The van der Waals surface area contributed by atoms with Crippen LogP contribution in [0, 0.1) is 0 Å². The average molecular weight is 343 g/mol. The van der Waals surface area contributed by atoms with Gasteiger partial charge in [0, 0.05) is 12.4 Å². The maximum Gasteiger partial charge on any atom is 0.338 e. The number of fused-ring (bicyclic) bond motifs is 1. The van der Waals surface area contributed by atoms with Gasteiger partial charge in [0.2, 0.25) is 5.95 Å². The fourth-order valence-electron chi connectivity index (χ4n) is 3.12. The standard InChI is InChI=1S/C18H21N3O4/c1-24-15-7-11-5-3-4-6-14(13(11)8-16(15)25-2)21-18-19-9-12(10-20-18)17(22)23/h7-10,14H,3-6H2,1-2H3,(H,22,23)(H,19,20,21)/t14-/m0/s1. The van der Waals surface area contributed by atoms with Gasteiger partial charge in [0.1, 0.15) is 0 Å². The number of anilines is 1. The number of carboxylic acids is 1. The fraction of sp³-hybridized carbons (Fsp3) is 0.389. The van der Waals surface area contributed by atoms with E-state index in [0.717, 1.165) is 37.0 Å². The summed E-state index contributed by atoms with van der Waals surface area (Å²) >= 11 is 0. The van der Waals surface area contributed by atoms with E-state index in [1.54, 1.807) is 14.2 Å². The summed E-state index contributed by atoms with van der Waals surface area (Å²) in [6.07, 6.45) is 6.70. The summed E-state index contributed by atoms with van der Waals surface area (Å²) in [4.78, 5) is 19.1. The van der Waals surface area contributed by atoms with Crippen LogP contribution in [0.25, 0.3) is 0 Å². The van der Waals surface area contributed by atoms with Gasteiger partial charge in [-0.15, -0.1) is 0 Å². The molecule has 0 aliphatic heterocycles. The van der Waals surface area contributed by atoms with E-state index in [1.165, 1.54) is 18.0 Å². The normalized spacial score (nSPS) is 16.5. The highest BCUT2D eigenvalue weighted by atomic mass is 16.5. The Morgan fingerprint density at radius 3 is 2.48 bits per heavy atom. The number of aromatic nitrogens is 2. The van der Waals surface area contributed by atoms with Gasteiger partial charge in [0.15, 0.2) is 11.5 Å². The zero-order valence-electron chi connectivity index (χ0n) is 14.3. The van der Waals surface area contributed by atoms with Gasteiger partial charge < -0.3 is 19.9 Å². The van der Waals surface area contributed by atoms with Crippen molar-refractivity contribution in [2.24, 2.45) is 0 Å². The number of ether oxygens (including phenoxy) is 2. The van der Waals surface area contributed by atoms with E-state index in [-0.39, 0.29) is 11.6 Å². The van der Waals surface area contributed by atoms with E-state index in [1.807, 2.05) is 12.1 Å². The molecule has 7 nitrogen and oxygen atoms in total. The van der Waals surface area contributed by atoms with Crippen LogP contribution in [0.1, 0.15) is 46.8 Å². The summed E-state index contributed by atoms with van der Waals surface area (Å²) in [5, 5.41) is 12.3. The third-order valence-corrected chi connectivity index (χ3v) is 4.41. The lowest BCUT2D eigenvalue weighted by Gasteiger charge is -2.21. The molecule has 0 unspecified atom stereocenters. The maximum atomic E-state index is 10.9. The van der Waals surface area contributed by atoms with Crippen LogP contribution in [0.15, 0.2) is 24.5 Å². The molecule has 0 saturated carbocycles. The molecule has 1 aromatic carbocycles. The quantitative estimate of drug-likeness (QED) is 0.806. The van der Waals surface area contributed by atoms with Gasteiger partial charge in [0.25, 0.3) is 0 Å². The van der Waals surface area contributed by atoms with E-state index in [9.17, 15) is 4.79 Å². The molecule has 1 aliphatic rings. The predicted octanol–water partition coefficient (Wildman–Crippen LogP) is 3.07. The minimum absolute atomic E-state index is 0.0352. The number of hydrogen-bond acceptors (Lipinski definition) is 6. The van der Waals surface area contributed by atoms with Crippen LogP contribution in [0.4, 0.5) is 5.95 Å². The smallest absolute Gasteiger partial charge is 0.338 e. The molecule has 7 heteroatoms. The number of methoxy groups -OCH3 is 2. The molecule has 25 heavy (non-hydrogen) atoms. The van der Waals surface area contributed by atoms with Crippen LogP contribution in [-0.4, -0.2) is 35.3 Å². The largest absolute Gasteiger partial charge is 0.493 e. The molecule has 1 atom stereocenters. The zero-order valence-corrected chi connectivity index (χ0v) is 14.3. The zero-order chi connectivity index (χ0) is 17.8. The minimum Gasteiger partial charge on any atom is -0.493 e. The molecule has 1 aromatic heterocycles. The summed E-state index contributed by atoms with van der Waals surface area (Å²) in [5.41, 5.74) is 2.43. The van der Waals surface area contributed by atoms with Crippen LogP contribution in [0.5, 0.6) is 11.5 Å².